The third-order valence-electron chi connectivity index (χ3n) is 2.79. The highest BCUT2D eigenvalue weighted by Crippen LogP contribution is 2.27. The number of hydrogen-bond donors (Lipinski definition) is 1. The lowest BCUT2D eigenvalue weighted by Gasteiger charge is -2.11. The van der Waals surface area contributed by atoms with Crippen molar-refractivity contribution in [1.29, 1.82) is 0 Å². The van der Waals surface area contributed by atoms with Crippen LogP contribution in [0, 0.1) is 19.7 Å². The van der Waals surface area contributed by atoms with E-state index in [9.17, 15) is 4.39 Å². The molecule has 94 valence electrons. The first kappa shape index (κ1) is 12.6. The summed E-state index contributed by atoms with van der Waals surface area (Å²) in [6, 6.07) is 10.5. The molecule has 2 nitrogen and oxygen atoms in total. The fourth-order valence-corrected chi connectivity index (χ4v) is 1.77. The Morgan fingerprint density at radius 2 is 1.89 bits per heavy atom. The molecule has 2 rings (SSSR count). The Bertz CT molecular complexity index is 566. The average molecular weight is 245 g/mol. The van der Waals surface area contributed by atoms with Gasteiger partial charge in [0.05, 0.1) is 0 Å². The highest BCUT2D eigenvalue weighted by Gasteiger charge is 2.05. The molecule has 0 bridgehead atoms. The van der Waals surface area contributed by atoms with Gasteiger partial charge in [0, 0.05) is 12.1 Å². The van der Waals surface area contributed by atoms with Crippen LogP contribution in [-0.4, -0.2) is 0 Å². The van der Waals surface area contributed by atoms with E-state index in [1.165, 1.54) is 6.07 Å². The van der Waals surface area contributed by atoms with Crippen LogP contribution >= 0.6 is 0 Å². The Morgan fingerprint density at radius 1 is 1.11 bits per heavy atom. The van der Waals surface area contributed by atoms with Gasteiger partial charge in [-0.05, 0) is 43.7 Å². The van der Waals surface area contributed by atoms with Crippen LogP contribution in [0.25, 0.3) is 0 Å². The maximum atomic E-state index is 13.2. The molecule has 0 aliphatic rings. The van der Waals surface area contributed by atoms with Gasteiger partial charge in [-0.3, -0.25) is 0 Å². The Labute approximate surface area is 106 Å². The van der Waals surface area contributed by atoms with E-state index in [1.54, 1.807) is 19.1 Å². The molecule has 0 atom stereocenters. The van der Waals surface area contributed by atoms with Crippen LogP contribution in [0.3, 0.4) is 0 Å². The van der Waals surface area contributed by atoms with Crippen LogP contribution in [0.2, 0.25) is 0 Å². The van der Waals surface area contributed by atoms with Crippen molar-refractivity contribution < 1.29 is 9.13 Å². The Hall–Kier alpha value is -1.87. The van der Waals surface area contributed by atoms with Crippen LogP contribution in [0.4, 0.5) is 4.39 Å². The molecule has 0 saturated heterocycles. The van der Waals surface area contributed by atoms with E-state index in [0.29, 0.717) is 23.6 Å². The first-order valence-corrected chi connectivity index (χ1v) is 5.84. The van der Waals surface area contributed by atoms with Crippen LogP contribution in [-0.2, 0) is 6.54 Å². The Morgan fingerprint density at radius 3 is 2.56 bits per heavy atom. The molecule has 0 fully saturated rings. The number of benzene rings is 2. The van der Waals surface area contributed by atoms with Gasteiger partial charge < -0.3 is 10.5 Å². The number of nitrogens with two attached hydrogens (primary N) is 1. The highest BCUT2D eigenvalue weighted by molar-refractivity contribution is 5.41. The number of ether oxygens (including phenoxy) is 1. The topological polar surface area (TPSA) is 35.2 Å². The molecule has 18 heavy (non-hydrogen) atoms. The fourth-order valence-electron chi connectivity index (χ4n) is 1.77. The zero-order valence-electron chi connectivity index (χ0n) is 10.5. The minimum absolute atomic E-state index is 0.231. The van der Waals surface area contributed by atoms with Gasteiger partial charge in [-0.2, -0.15) is 0 Å². The van der Waals surface area contributed by atoms with E-state index >= 15 is 0 Å². The second-order valence-corrected chi connectivity index (χ2v) is 4.33. The molecule has 2 aromatic carbocycles. The third-order valence-corrected chi connectivity index (χ3v) is 2.79. The standard InChI is InChI=1S/C15H16FNO/c1-10-3-6-15(12(7-10)9-17)18-13-4-5-14(16)11(2)8-13/h3-8H,9,17H2,1-2H3. The van der Waals surface area contributed by atoms with Crippen LogP contribution in [0.15, 0.2) is 36.4 Å². The summed E-state index contributed by atoms with van der Waals surface area (Å²) >= 11 is 0. The first-order chi connectivity index (χ1) is 8.60. The van der Waals surface area contributed by atoms with Gasteiger partial charge in [-0.1, -0.05) is 17.7 Å². The maximum absolute atomic E-state index is 13.2. The third kappa shape index (κ3) is 2.68. The molecule has 2 aromatic rings. The summed E-state index contributed by atoms with van der Waals surface area (Å²) in [5.74, 6) is 1.10. The molecule has 0 spiro atoms. The SMILES string of the molecule is Cc1ccc(Oc2ccc(F)c(C)c2)c(CN)c1. The van der Waals surface area contributed by atoms with Crippen LogP contribution < -0.4 is 10.5 Å². The van der Waals surface area contributed by atoms with E-state index < -0.39 is 0 Å². The first-order valence-electron chi connectivity index (χ1n) is 5.84. The molecule has 2 N–H and O–H groups in total. The monoisotopic (exact) mass is 245 g/mol. The summed E-state index contributed by atoms with van der Waals surface area (Å²) in [6.07, 6.45) is 0. The van der Waals surface area contributed by atoms with Crippen LogP contribution in [0.5, 0.6) is 11.5 Å². The van der Waals surface area contributed by atoms with Crippen molar-refractivity contribution in [2.24, 2.45) is 5.73 Å². The Kier molecular flexibility index (Phi) is 3.63. The largest absolute Gasteiger partial charge is 0.457 e. The van der Waals surface area contributed by atoms with Crippen molar-refractivity contribution in [3.63, 3.8) is 0 Å². The van der Waals surface area contributed by atoms with Gasteiger partial charge in [0.25, 0.3) is 0 Å². The lowest BCUT2D eigenvalue weighted by Crippen LogP contribution is -2.00. The number of hydrogen-bond acceptors (Lipinski definition) is 2. The number of rotatable bonds is 3. The minimum atomic E-state index is -0.231. The highest BCUT2D eigenvalue weighted by atomic mass is 19.1. The smallest absolute Gasteiger partial charge is 0.131 e. The van der Waals surface area contributed by atoms with Crippen molar-refractivity contribution in [3.05, 3.63) is 58.9 Å². The summed E-state index contributed by atoms with van der Waals surface area (Å²) in [5, 5.41) is 0. The maximum Gasteiger partial charge on any atom is 0.131 e. The van der Waals surface area contributed by atoms with Gasteiger partial charge in [0.15, 0.2) is 0 Å². The molecule has 0 aromatic heterocycles. The van der Waals surface area contributed by atoms with Gasteiger partial charge >= 0.3 is 0 Å². The number of aryl methyl sites for hydroxylation is 2. The van der Waals surface area contributed by atoms with Gasteiger partial charge in [0.2, 0.25) is 0 Å². The second-order valence-electron chi connectivity index (χ2n) is 4.33. The fraction of sp³-hybridized carbons (Fsp3) is 0.200. The number of halogens is 1. The van der Waals surface area contributed by atoms with E-state index in [4.69, 9.17) is 10.5 Å². The van der Waals surface area contributed by atoms with E-state index in [-0.39, 0.29) is 5.82 Å². The van der Waals surface area contributed by atoms with Crippen molar-refractivity contribution in [2.75, 3.05) is 0 Å². The normalized spacial score (nSPS) is 10.4. The summed E-state index contributed by atoms with van der Waals surface area (Å²) in [5.41, 5.74) is 8.33. The van der Waals surface area contributed by atoms with Gasteiger partial charge in [-0.15, -0.1) is 0 Å². The molecule has 0 amide bonds. The molecule has 3 heteroatoms. The molecule has 0 unspecified atom stereocenters. The predicted octanol–water partition coefficient (Wildman–Crippen LogP) is 3.69. The molecular weight excluding hydrogens is 229 g/mol. The lowest BCUT2D eigenvalue weighted by atomic mass is 10.1. The zero-order valence-corrected chi connectivity index (χ0v) is 10.5. The van der Waals surface area contributed by atoms with E-state index in [0.717, 1.165) is 11.1 Å². The van der Waals surface area contributed by atoms with Gasteiger partial charge in [-0.25, -0.2) is 4.39 Å². The van der Waals surface area contributed by atoms with E-state index in [1.807, 2.05) is 25.1 Å². The minimum Gasteiger partial charge on any atom is -0.457 e. The summed E-state index contributed by atoms with van der Waals surface area (Å²) in [6.45, 7) is 4.13. The molecule has 0 aliphatic carbocycles. The summed E-state index contributed by atoms with van der Waals surface area (Å²) < 4.78 is 18.9. The zero-order chi connectivity index (χ0) is 13.1. The Balaban J connectivity index is 2.30. The lowest BCUT2D eigenvalue weighted by molar-refractivity contribution is 0.473. The molecule has 0 heterocycles. The summed E-state index contributed by atoms with van der Waals surface area (Å²) in [4.78, 5) is 0. The second kappa shape index (κ2) is 5.19. The van der Waals surface area contributed by atoms with Crippen molar-refractivity contribution in [2.45, 2.75) is 20.4 Å². The van der Waals surface area contributed by atoms with Crippen molar-refractivity contribution in [1.82, 2.24) is 0 Å². The van der Waals surface area contributed by atoms with E-state index in [2.05, 4.69) is 0 Å². The molecule has 0 radical (unpaired) electrons. The average Bonchev–Trinajstić information content (AvgIpc) is 2.36. The molecule has 0 saturated carbocycles. The molecule has 0 aliphatic heterocycles. The van der Waals surface area contributed by atoms with Crippen molar-refractivity contribution >= 4 is 0 Å². The summed E-state index contributed by atoms with van der Waals surface area (Å²) in [7, 11) is 0. The van der Waals surface area contributed by atoms with Crippen LogP contribution in [0.1, 0.15) is 16.7 Å². The quantitative estimate of drug-likeness (QED) is 0.895. The van der Waals surface area contributed by atoms with Crippen molar-refractivity contribution in [3.8, 4) is 11.5 Å². The predicted molar refractivity (Wildman–Crippen MR) is 70.3 cm³/mol. The van der Waals surface area contributed by atoms with Gasteiger partial charge in [0.1, 0.15) is 17.3 Å². The molecular formula is C15H16FNO.